The third kappa shape index (κ3) is 14.3. The molecule has 1 atom stereocenters. The normalized spacial score (nSPS) is 16.5. The predicted octanol–water partition coefficient (Wildman–Crippen LogP) is 6.10. The molecule has 0 saturated carbocycles. The highest BCUT2D eigenvalue weighted by atomic mass is 32.2. The molecule has 0 aromatic heterocycles. The van der Waals surface area contributed by atoms with Crippen LogP contribution in [0.2, 0.25) is 0 Å². The molecular formula is C45H65N2O13S2+. The molecule has 1 unspecified atom stereocenters. The van der Waals surface area contributed by atoms with E-state index in [0.29, 0.717) is 95.6 Å². The summed E-state index contributed by atoms with van der Waals surface area (Å²) < 4.78 is 94.7. The molecule has 2 heterocycles. The van der Waals surface area contributed by atoms with E-state index in [0.717, 1.165) is 35.0 Å². The fraction of sp³-hybridized carbons (Fsp3) is 0.556. The van der Waals surface area contributed by atoms with Crippen LogP contribution in [0.5, 0.6) is 0 Å². The van der Waals surface area contributed by atoms with Crippen LogP contribution in [0.1, 0.15) is 83.1 Å². The maximum absolute atomic E-state index is 12.9. The number of aliphatic carboxylic acids is 1. The first-order valence-corrected chi connectivity index (χ1v) is 23.9. The summed E-state index contributed by atoms with van der Waals surface area (Å²) >= 11 is 0. The lowest BCUT2D eigenvalue weighted by Crippen LogP contribution is -2.36. The van der Waals surface area contributed by atoms with E-state index in [4.69, 9.17) is 27.5 Å². The van der Waals surface area contributed by atoms with Crippen molar-refractivity contribution in [1.29, 1.82) is 0 Å². The van der Waals surface area contributed by atoms with Gasteiger partial charge < -0.3 is 33.4 Å². The molecular weight excluding hydrogens is 841 g/mol. The fourth-order valence-corrected chi connectivity index (χ4v) is 8.85. The number of carboxylic acids is 1. The number of allylic oxidation sites excluding steroid dienone is 3. The van der Waals surface area contributed by atoms with Crippen molar-refractivity contribution in [3.63, 3.8) is 0 Å². The Morgan fingerprint density at radius 2 is 1.55 bits per heavy atom. The number of carboxylic acid groups (broad SMARTS) is 1. The molecule has 0 saturated heterocycles. The Hall–Kier alpha value is -3.94. The summed E-state index contributed by atoms with van der Waals surface area (Å²) in [6, 6.07) is 13.0. The van der Waals surface area contributed by atoms with Crippen molar-refractivity contribution in [1.82, 2.24) is 4.58 Å². The van der Waals surface area contributed by atoms with Gasteiger partial charge in [-0.25, -0.2) is 4.58 Å². The van der Waals surface area contributed by atoms with Gasteiger partial charge in [-0.05, 0) is 91.6 Å². The molecule has 3 aliphatic rings. The van der Waals surface area contributed by atoms with Crippen LogP contribution in [0.4, 0.5) is 5.69 Å². The summed E-state index contributed by atoms with van der Waals surface area (Å²) in [4.78, 5) is 13.3. The Morgan fingerprint density at radius 1 is 0.871 bits per heavy atom. The first-order valence-electron chi connectivity index (χ1n) is 20.9. The molecule has 2 aliphatic heterocycles. The van der Waals surface area contributed by atoms with Crippen LogP contribution in [-0.4, -0.2) is 119 Å². The summed E-state index contributed by atoms with van der Waals surface area (Å²) in [5.41, 5.74) is 3.07. The van der Waals surface area contributed by atoms with E-state index in [1.807, 2.05) is 37.3 Å². The molecule has 17 heteroatoms. The standard InChI is InChI=1S/C45H64N2O13S2/c1-44(2,3)38-32-35(60-41-31-34(16-18-37(38)41)46(22-24-58-28-26-55-5)23-25-59-29-27-56-6)13-11-14-42-45(4,20-12-30-61(50,51)52)39-33-36(62(53,54)57-7)17-19-40(39)47(42)21-10-8-9-15-43(48)49/h11,13-14,16-19,31-33H,8-10,12,15,20-30H2,1-7H3,(H-,48,49,50,51,52)/p+1. The number of methoxy groups -OCH3 is 2. The number of fused-ring (bicyclic) bond motifs is 2. The van der Waals surface area contributed by atoms with Crippen LogP contribution in [0.25, 0.3) is 17.4 Å². The van der Waals surface area contributed by atoms with Gasteiger partial charge in [-0.1, -0.05) is 33.3 Å². The van der Waals surface area contributed by atoms with Crippen molar-refractivity contribution in [3.05, 3.63) is 82.6 Å². The summed E-state index contributed by atoms with van der Waals surface area (Å²) in [6.45, 7) is 13.0. The lowest BCUT2D eigenvalue weighted by atomic mass is 9.77. The van der Waals surface area contributed by atoms with Crippen LogP contribution in [-0.2, 0) is 59.0 Å². The number of benzene rings is 2. The van der Waals surface area contributed by atoms with Crippen LogP contribution < -0.4 is 14.8 Å². The largest absolute Gasteiger partial charge is 0.481 e. The van der Waals surface area contributed by atoms with Gasteiger partial charge in [0.25, 0.3) is 20.2 Å². The maximum Gasteiger partial charge on any atom is 0.303 e. The smallest absolute Gasteiger partial charge is 0.303 e. The number of unbranched alkanes of at least 4 members (excludes halogenated alkanes) is 2. The molecule has 0 radical (unpaired) electrons. The maximum atomic E-state index is 12.9. The molecule has 1 aliphatic carbocycles. The number of hydrogen-bond acceptors (Lipinski definition) is 12. The SMILES string of the molecule is COCCOCC[N+](CCOCCOC)=c1ccc2c(C(C)(C)C)cc(C=CC=C3N(CCCCCC(=O)O)c4ccc(S(=O)(=O)OC)cc4C3(C)CCCS(=O)(=O)O)oc-2c1. The van der Waals surface area contributed by atoms with Crippen molar-refractivity contribution in [2.24, 2.45) is 0 Å². The van der Waals surface area contributed by atoms with Crippen LogP contribution in [0.3, 0.4) is 0 Å². The molecule has 62 heavy (non-hydrogen) atoms. The highest BCUT2D eigenvalue weighted by molar-refractivity contribution is 7.86. The van der Waals surface area contributed by atoms with Gasteiger partial charge in [0.1, 0.15) is 24.7 Å². The number of rotatable bonds is 26. The average molecular weight is 906 g/mol. The van der Waals surface area contributed by atoms with Gasteiger partial charge >= 0.3 is 5.97 Å². The monoisotopic (exact) mass is 905 g/mol. The van der Waals surface area contributed by atoms with E-state index >= 15 is 0 Å². The van der Waals surface area contributed by atoms with E-state index in [1.54, 1.807) is 26.4 Å². The number of hydrogen-bond donors (Lipinski definition) is 2. The second kappa shape index (κ2) is 23.1. The molecule has 0 fully saturated rings. The number of nitrogens with zero attached hydrogens (tertiary/aromatic N) is 2. The molecule has 2 N–H and O–H groups in total. The Bertz CT molecular complexity index is 2260. The average Bonchev–Trinajstić information content (AvgIpc) is 3.43. The van der Waals surface area contributed by atoms with Crippen LogP contribution >= 0.6 is 0 Å². The van der Waals surface area contributed by atoms with E-state index in [1.165, 1.54) is 6.07 Å². The number of carbonyl (C=O) groups is 1. The molecule has 0 amide bonds. The van der Waals surface area contributed by atoms with E-state index in [2.05, 4.69) is 42.4 Å². The number of ether oxygens (including phenoxy) is 4. The quantitative estimate of drug-likeness (QED) is 0.0406. The van der Waals surface area contributed by atoms with E-state index < -0.39 is 37.4 Å². The molecule has 0 spiro atoms. The minimum Gasteiger partial charge on any atom is -0.481 e. The highest BCUT2D eigenvalue weighted by Gasteiger charge is 2.44. The first kappa shape index (κ1) is 50.7. The molecule has 1 aromatic rings. The lowest BCUT2D eigenvalue weighted by molar-refractivity contribution is -0.137. The van der Waals surface area contributed by atoms with Crippen LogP contribution in [0, 0.1) is 0 Å². The zero-order chi connectivity index (χ0) is 45.6. The molecule has 0 bridgehead atoms. The summed E-state index contributed by atoms with van der Waals surface area (Å²) in [7, 11) is -3.98. The van der Waals surface area contributed by atoms with Crippen molar-refractivity contribution in [2.75, 3.05) is 91.3 Å². The minimum atomic E-state index is -4.27. The minimum absolute atomic E-state index is 0.0437. The van der Waals surface area contributed by atoms with Gasteiger partial charge in [-0.2, -0.15) is 16.8 Å². The molecule has 15 nitrogen and oxygen atoms in total. The number of anilines is 1. The Balaban J connectivity index is 1.84. The molecule has 4 rings (SSSR count). The van der Waals surface area contributed by atoms with Gasteiger partial charge in [0.05, 0.1) is 50.3 Å². The van der Waals surface area contributed by atoms with E-state index in [-0.39, 0.29) is 29.6 Å². The van der Waals surface area contributed by atoms with Crippen molar-refractivity contribution in [2.45, 2.75) is 81.9 Å². The third-order valence-corrected chi connectivity index (χ3v) is 13.0. The second-order valence-corrected chi connectivity index (χ2v) is 19.8. The fourth-order valence-electron chi connectivity index (χ4n) is 7.65. The van der Waals surface area contributed by atoms with Crippen molar-refractivity contribution in [3.8, 4) is 11.3 Å². The Morgan fingerprint density at radius 3 is 2.15 bits per heavy atom. The Kier molecular flexibility index (Phi) is 18.9. The van der Waals surface area contributed by atoms with Gasteiger partial charge in [0.2, 0.25) is 5.36 Å². The van der Waals surface area contributed by atoms with Crippen molar-refractivity contribution >= 4 is 38.0 Å². The first-order chi connectivity index (χ1) is 29.3. The Labute approximate surface area is 367 Å². The summed E-state index contributed by atoms with van der Waals surface area (Å²) in [6.07, 6.45) is 7.84. The van der Waals surface area contributed by atoms with Crippen LogP contribution in [0.15, 0.2) is 69.6 Å². The summed E-state index contributed by atoms with van der Waals surface area (Å²) in [5.74, 6) is -0.0645. The topological polar surface area (TPSA) is 191 Å². The zero-order valence-corrected chi connectivity index (χ0v) is 38.8. The van der Waals surface area contributed by atoms with Gasteiger partial charge in [-0.3, -0.25) is 13.5 Å². The van der Waals surface area contributed by atoms with Crippen molar-refractivity contribution < 1.29 is 58.8 Å². The molecule has 1 aromatic carbocycles. The zero-order valence-electron chi connectivity index (χ0n) is 37.2. The predicted molar refractivity (Wildman–Crippen MR) is 239 cm³/mol. The van der Waals surface area contributed by atoms with Gasteiger partial charge in [0.15, 0.2) is 13.1 Å². The van der Waals surface area contributed by atoms with E-state index in [9.17, 15) is 31.3 Å². The lowest BCUT2D eigenvalue weighted by Gasteiger charge is -2.30. The third-order valence-electron chi connectivity index (χ3n) is 10.9. The summed E-state index contributed by atoms with van der Waals surface area (Å²) in [5, 5.41) is 10.1. The van der Waals surface area contributed by atoms with Gasteiger partial charge in [0, 0.05) is 55.6 Å². The van der Waals surface area contributed by atoms with Gasteiger partial charge in [-0.15, -0.1) is 0 Å². The highest BCUT2D eigenvalue weighted by Crippen LogP contribution is 2.51. The second-order valence-electron chi connectivity index (χ2n) is 16.5. The molecule has 344 valence electrons.